The second kappa shape index (κ2) is 6.04. The molecule has 1 aromatic carbocycles. The van der Waals surface area contributed by atoms with Crippen molar-refractivity contribution in [2.45, 2.75) is 25.3 Å². The molecule has 1 saturated heterocycles. The highest BCUT2D eigenvalue weighted by atomic mass is 79.9. The molecule has 2 rings (SSSR count). The number of ether oxygens (including phenoxy) is 1. The molecule has 0 aliphatic carbocycles. The third kappa shape index (κ3) is 3.45. The lowest BCUT2D eigenvalue weighted by Crippen LogP contribution is -2.38. The van der Waals surface area contributed by atoms with Crippen LogP contribution in [0.15, 0.2) is 22.7 Å². The van der Waals surface area contributed by atoms with E-state index in [-0.39, 0.29) is 0 Å². The van der Waals surface area contributed by atoms with Gasteiger partial charge in [-0.05, 0) is 53.5 Å². The Morgan fingerprint density at radius 2 is 2.35 bits per heavy atom. The van der Waals surface area contributed by atoms with E-state index in [9.17, 15) is 0 Å². The Balaban J connectivity index is 1.90. The molecule has 90 valence electrons. The van der Waals surface area contributed by atoms with Gasteiger partial charge in [0, 0.05) is 10.5 Å². The Morgan fingerprint density at radius 1 is 1.47 bits per heavy atom. The molecule has 4 heteroatoms. The minimum absolute atomic E-state index is 0.457. The van der Waals surface area contributed by atoms with Crippen molar-refractivity contribution < 1.29 is 4.74 Å². The maximum atomic E-state index is 8.81. The van der Waals surface area contributed by atoms with Crippen LogP contribution in [0.4, 0.5) is 0 Å². The highest BCUT2D eigenvalue weighted by molar-refractivity contribution is 9.10. The molecular formula is C13H15BrN2O. The second-order valence-corrected chi connectivity index (χ2v) is 5.07. The summed E-state index contributed by atoms with van der Waals surface area (Å²) < 4.78 is 6.51. The Bertz CT molecular complexity index is 422. The summed E-state index contributed by atoms with van der Waals surface area (Å²) >= 11 is 3.36. The van der Waals surface area contributed by atoms with Crippen LogP contribution in [0.2, 0.25) is 0 Å². The lowest BCUT2D eigenvalue weighted by Gasteiger charge is -2.23. The van der Waals surface area contributed by atoms with Crippen LogP contribution >= 0.6 is 15.9 Å². The SMILES string of the molecule is N#Cc1ccc(OCC2CCCCN2)cc1Br. The van der Waals surface area contributed by atoms with Crippen molar-refractivity contribution >= 4 is 15.9 Å². The Morgan fingerprint density at radius 3 is 3.00 bits per heavy atom. The average Bonchev–Trinajstić information content (AvgIpc) is 2.38. The number of nitrogens with zero attached hydrogens (tertiary/aromatic N) is 1. The third-order valence-corrected chi connectivity index (χ3v) is 3.58. The lowest BCUT2D eigenvalue weighted by molar-refractivity contribution is 0.239. The zero-order valence-corrected chi connectivity index (χ0v) is 11.2. The molecule has 0 amide bonds. The number of rotatable bonds is 3. The predicted molar refractivity (Wildman–Crippen MR) is 70.0 cm³/mol. The van der Waals surface area contributed by atoms with Crippen LogP contribution in [-0.4, -0.2) is 19.2 Å². The number of halogens is 1. The molecule has 17 heavy (non-hydrogen) atoms. The number of hydrogen-bond acceptors (Lipinski definition) is 3. The van der Waals surface area contributed by atoms with Gasteiger partial charge < -0.3 is 10.1 Å². The van der Waals surface area contributed by atoms with Crippen molar-refractivity contribution in [1.29, 1.82) is 5.26 Å². The Labute approximate surface area is 110 Å². The van der Waals surface area contributed by atoms with Gasteiger partial charge in [0.15, 0.2) is 0 Å². The van der Waals surface area contributed by atoms with Crippen LogP contribution < -0.4 is 10.1 Å². The van der Waals surface area contributed by atoms with E-state index >= 15 is 0 Å². The van der Waals surface area contributed by atoms with Crippen LogP contribution in [0, 0.1) is 11.3 Å². The first-order valence-corrected chi connectivity index (χ1v) is 6.65. The summed E-state index contributed by atoms with van der Waals surface area (Å²) in [6, 6.07) is 8.03. The van der Waals surface area contributed by atoms with Crippen molar-refractivity contribution in [3.8, 4) is 11.8 Å². The van der Waals surface area contributed by atoms with Gasteiger partial charge in [-0.15, -0.1) is 0 Å². The first kappa shape index (κ1) is 12.4. The van der Waals surface area contributed by atoms with Crippen molar-refractivity contribution in [2.24, 2.45) is 0 Å². The molecule has 3 nitrogen and oxygen atoms in total. The lowest BCUT2D eigenvalue weighted by atomic mass is 10.1. The number of nitriles is 1. The summed E-state index contributed by atoms with van der Waals surface area (Å²) in [7, 11) is 0. The molecule has 1 unspecified atom stereocenters. The van der Waals surface area contributed by atoms with Crippen molar-refractivity contribution in [2.75, 3.05) is 13.2 Å². The van der Waals surface area contributed by atoms with Gasteiger partial charge >= 0.3 is 0 Å². The van der Waals surface area contributed by atoms with Gasteiger partial charge in [-0.25, -0.2) is 0 Å². The largest absolute Gasteiger partial charge is 0.492 e. The molecule has 0 radical (unpaired) electrons. The van der Waals surface area contributed by atoms with E-state index in [2.05, 4.69) is 27.3 Å². The van der Waals surface area contributed by atoms with Crippen LogP contribution in [-0.2, 0) is 0 Å². The summed E-state index contributed by atoms with van der Waals surface area (Å²) in [4.78, 5) is 0. The van der Waals surface area contributed by atoms with Crippen molar-refractivity contribution in [1.82, 2.24) is 5.32 Å². The van der Waals surface area contributed by atoms with E-state index in [1.165, 1.54) is 19.3 Å². The molecule has 1 N–H and O–H groups in total. The maximum absolute atomic E-state index is 8.81. The van der Waals surface area contributed by atoms with Crippen LogP contribution in [0.25, 0.3) is 0 Å². The molecule has 0 spiro atoms. The molecule has 1 heterocycles. The number of hydrogen-bond donors (Lipinski definition) is 1. The number of nitrogens with one attached hydrogen (secondary N) is 1. The standard InChI is InChI=1S/C13H15BrN2O/c14-13-7-12(5-4-10(13)8-15)17-9-11-3-1-2-6-16-11/h4-5,7,11,16H,1-3,6,9H2. The highest BCUT2D eigenvalue weighted by Crippen LogP contribution is 2.22. The minimum Gasteiger partial charge on any atom is -0.492 e. The first-order valence-electron chi connectivity index (χ1n) is 5.85. The molecule has 1 fully saturated rings. The van der Waals surface area contributed by atoms with Gasteiger partial charge in [-0.1, -0.05) is 6.42 Å². The molecule has 0 saturated carbocycles. The quantitative estimate of drug-likeness (QED) is 0.932. The minimum atomic E-state index is 0.457. The molecular weight excluding hydrogens is 280 g/mol. The van der Waals surface area contributed by atoms with Gasteiger partial charge in [0.2, 0.25) is 0 Å². The molecule has 1 atom stereocenters. The summed E-state index contributed by atoms with van der Waals surface area (Å²) in [6.07, 6.45) is 3.72. The Kier molecular flexibility index (Phi) is 4.41. The molecule has 0 aromatic heterocycles. The zero-order chi connectivity index (χ0) is 12.1. The number of piperidine rings is 1. The van der Waals surface area contributed by atoms with Crippen LogP contribution in [0.1, 0.15) is 24.8 Å². The maximum Gasteiger partial charge on any atom is 0.120 e. The molecule has 1 aliphatic rings. The van der Waals surface area contributed by atoms with Gasteiger partial charge in [-0.2, -0.15) is 5.26 Å². The van der Waals surface area contributed by atoms with E-state index in [0.29, 0.717) is 18.2 Å². The fourth-order valence-corrected chi connectivity index (χ4v) is 2.39. The second-order valence-electron chi connectivity index (χ2n) is 4.21. The van der Waals surface area contributed by atoms with Crippen molar-refractivity contribution in [3.05, 3.63) is 28.2 Å². The monoisotopic (exact) mass is 294 g/mol. The summed E-state index contributed by atoms with van der Waals surface area (Å²) in [5.74, 6) is 0.809. The van der Waals surface area contributed by atoms with Gasteiger partial charge in [0.25, 0.3) is 0 Å². The van der Waals surface area contributed by atoms with E-state index in [0.717, 1.165) is 16.8 Å². The predicted octanol–water partition coefficient (Wildman–Crippen LogP) is 2.84. The van der Waals surface area contributed by atoms with E-state index in [1.54, 1.807) is 6.07 Å². The fraction of sp³-hybridized carbons (Fsp3) is 0.462. The van der Waals surface area contributed by atoms with Crippen LogP contribution in [0.3, 0.4) is 0 Å². The van der Waals surface area contributed by atoms with E-state index in [1.807, 2.05) is 12.1 Å². The molecule has 0 bridgehead atoms. The average molecular weight is 295 g/mol. The van der Waals surface area contributed by atoms with Gasteiger partial charge in [0.1, 0.15) is 18.4 Å². The highest BCUT2D eigenvalue weighted by Gasteiger charge is 2.13. The van der Waals surface area contributed by atoms with Gasteiger partial charge in [-0.3, -0.25) is 0 Å². The summed E-state index contributed by atoms with van der Waals surface area (Å²) in [6.45, 7) is 1.78. The fourth-order valence-electron chi connectivity index (χ4n) is 1.94. The summed E-state index contributed by atoms with van der Waals surface area (Å²) in [5, 5.41) is 12.2. The number of benzene rings is 1. The first-order chi connectivity index (χ1) is 8.29. The molecule has 1 aliphatic heterocycles. The Hall–Kier alpha value is -1.05. The van der Waals surface area contributed by atoms with Crippen LogP contribution in [0.5, 0.6) is 5.75 Å². The van der Waals surface area contributed by atoms with E-state index < -0.39 is 0 Å². The zero-order valence-electron chi connectivity index (χ0n) is 9.58. The van der Waals surface area contributed by atoms with Gasteiger partial charge in [0.05, 0.1) is 5.56 Å². The smallest absolute Gasteiger partial charge is 0.120 e. The third-order valence-electron chi connectivity index (χ3n) is 2.92. The topological polar surface area (TPSA) is 45.0 Å². The molecule has 1 aromatic rings. The van der Waals surface area contributed by atoms with Crippen molar-refractivity contribution in [3.63, 3.8) is 0 Å². The normalized spacial score (nSPS) is 19.6. The van der Waals surface area contributed by atoms with E-state index in [4.69, 9.17) is 10.00 Å². The summed E-state index contributed by atoms with van der Waals surface area (Å²) in [5.41, 5.74) is 0.633.